The highest BCUT2D eigenvalue weighted by atomic mass is 32.2. The monoisotopic (exact) mass is 540 g/mol. The zero-order valence-corrected chi connectivity index (χ0v) is 23.4. The summed E-state index contributed by atoms with van der Waals surface area (Å²) in [5, 5.41) is 7.41. The molecule has 2 aromatic heterocycles. The van der Waals surface area contributed by atoms with Crippen molar-refractivity contribution in [3.63, 3.8) is 0 Å². The van der Waals surface area contributed by atoms with Crippen LogP contribution in [0.15, 0.2) is 40.0 Å². The summed E-state index contributed by atoms with van der Waals surface area (Å²) in [5.41, 5.74) is 3.50. The highest BCUT2D eigenvalue weighted by molar-refractivity contribution is 7.98. The number of amides is 1. The Morgan fingerprint density at radius 1 is 1.24 bits per heavy atom. The predicted octanol–water partition coefficient (Wildman–Crippen LogP) is 3.28. The summed E-state index contributed by atoms with van der Waals surface area (Å²) in [6, 6.07) is 9.73. The summed E-state index contributed by atoms with van der Waals surface area (Å²) < 4.78 is 19.8. The summed E-state index contributed by atoms with van der Waals surface area (Å²) >= 11 is 1.49. The topological polar surface area (TPSA) is 107 Å². The van der Waals surface area contributed by atoms with E-state index in [1.54, 1.807) is 0 Å². The third kappa shape index (κ3) is 5.15. The van der Waals surface area contributed by atoms with Gasteiger partial charge in [-0.3, -0.25) is 9.59 Å². The smallest absolute Gasteiger partial charge is 0.254 e. The normalized spacial score (nSPS) is 21.7. The molecule has 1 aromatic carbocycles. The first kappa shape index (κ1) is 27.0. The number of aromatic amines is 1. The lowest BCUT2D eigenvalue weighted by molar-refractivity contribution is -0.214. The number of pyridine rings is 1. The largest absolute Gasteiger partial charge is 0.377 e. The fourth-order valence-corrected chi connectivity index (χ4v) is 6.19. The fraction of sp³-hybridized carbons (Fsp3) is 0.500. The van der Waals surface area contributed by atoms with E-state index in [1.807, 2.05) is 50.4 Å². The van der Waals surface area contributed by atoms with E-state index < -0.39 is 6.29 Å². The van der Waals surface area contributed by atoms with Crippen LogP contribution in [-0.4, -0.2) is 66.0 Å². The lowest BCUT2D eigenvalue weighted by atomic mass is 9.99. The minimum Gasteiger partial charge on any atom is -0.377 e. The van der Waals surface area contributed by atoms with Crippen molar-refractivity contribution in [3.8, 4) is 0 Å². The van der Waals surface area contributed by atoms with Gasteiger partial charge in [0, 0.05) is 39.3 Å². The van der Waals surface area contributed by atoms with Crippen LogP contribution in [0.3, 0.4) is 0 Å². The molecule has 204 valence electrons. The van der Waals surface area contributed by atoms with Crippen LogP contribution in [0.25, 0.3) is 10.9 Å². The molecule has 4 heterocycles. The van der Waals surface area contributed by atoms with E-state index in [2.05, 4.69) is 34.0 Å². The third-order valence-electron chi connectivity index (χ3n) is 7.38. The van der Waals surface area contributed by atoms with Gasteiger partial charge in [0.25, 0.3) is 11.5 Å². The first-order valence-electron chi connectivity index (χ1n) is 12.9. The minimum absolute atomic E-state index is 0.0225. The Balaban J connectivity index is 1.35. The summed E-state index contributed by atoms with van der Waals surface area (Å²) in [6.07, 6.45) is 1.48. The number of ether oxygens (including phenoxy) is 3. The number of H-pyrrole nitrogens is 1. The van der Waals surface area contributed by atoms with Gasteiger partial charge in [-0.2, -0.15) is 0 Å². The van der Waals surface area contributed by atoms with Gasteiger partial charge in [0.15, 0.2) is 6.29 Å². The average molecular weight is 541 g/mol. The number of thioether (sulfide) groups is 1. The Morgan fingerprint density at radius 2 is 1.95 bits per heavy atom. The third-order valence-corrected chi connectivity index (χ3v) is 8.18. The molecule has 0 bridgehead atoms. The van der Waals surface area contributed by atoms with Crippen LogP contribution in [0.1, 0.15) is 47.2 Å². The van der Waals surface area contributed by atoms with Crippen LogP contribution in [0.4, 0.5) is 0 Å². The maximum atomic E-state index is 13.5. The number of fused-ring (bicyclic) bond motifs is 1. The van der Waals surface area contributed by atoms with Gasteiger partial charge in [0.1, 0.15) is 0 Å². The van der Waals surface area contributed by atoms with Crippen LogP contribution >= 0.6 is 11.8 Å². The van der Waals surface area contributed by atoms with Crippen LogP contribution < -0.4 is 16.2 Å². The lowest BCUT2D eigenvalue weighted by Crippen LogP contribution is -2.64. The number of aryl methyl sites for hydroxylation is 1. The van der Waals surface area contributed by atoms with E-state index in [0.717, 1.165) is 27.2 Å². The maximum Gasteiger partial charge on any atom is 0.254 e. The first-order chi connectivity index (χ1) is 18.2. The molecule has 3 N–H and O–H groups in total. The SMILES string of the molecule is CSc1cc(C)[nH]c(=O)c1CNC(=O)c1c(C)n([C@@H](C)C2OCC(NC3(C)COC3)CO2)c2ccccc12. The van der Waals surface area contributed by atoms with E-state index >= 15 is 0 Å². The zero-order valence-electron chi connectivity index (χ0n) is 22.6. The Labute approximate surface area is 226 Å². The summed E-state index contributed by atoms with van der Waals surface area (Å²) in [6.45, 7) is 10.6. The fourth-order valence-electron chi connectivity index (χ4n) is 5.48. The number of para-hydroxylation sites is 1. The number of hydrogen-bond donors (Lipinski definition) is 3. The van der Waals surface area contributed by atoms with Crippen LogP contribution in [0.5, 0.6) is 0 Å². The van der Waals surface area contributed by atoms with Gasteiger partial charge in [-0.25, -0.2) is 0 Å². The molecule has 10 heteroatoms. The zero-order chi connectivity index (χ0) is 27.0. The number of aromatic nitrogens is 2. The van der Waals surface area contributed by atoms with Gasteiger partial charge in [-0.05, 0) is 46.1 Å². The van der Waals surface area contributed by atoms with Crippen LogP contribution in [0.2, 0.25) is 0 Å². The van der Waals surface area contributed by atoms with E-state index in [1.165, 1.54) is 11.8 Å². The maximum absolute atomic E-state index is 13.5. The van der Waals surface area contributed by atoms with Gasteiger partial charge in [0.05, 0.1) is 49.6 Å². The predicted molar refractivity (Wildman–Crippen MR) is 148 cm³/mol. The number of carbonyl (C=O) groups excluding carboxylic acids is 1. The average Bonchev–Trinajstić information content (AvgIpc) is 3.18. The summed E-state index contributed by atoms with van der Waals surface area (Å²) in [5.74, 6) is -0.220. The number of nitrogens with one attached hydrogen (secondary N) is 3. The quantitative estimate of drug-likeness (QED) is 0.377. The highest BCUT2D eigenvalue weighted by Crippen LogP contribution is 2.32. The molecule has 0 aliphatic carbocycles. The van der Waals surface area contributed by atoms with Crippen molar-refractivity contribution in [1.29, 1.82) is 0 Å². The Morgan fingerprint density at radius 3 is 2.61 bits per heavy atom. The van der Waals surface area contributed by atoms with Gasteiger partial charge in [0.2, 0.25) is 0 Å². The van der Waals surface area contributed by atoms with Crippen LogP contribution in [0, 0.1) is 13.8 Å². The minimum atomic E-state index is -0.445. The molecule has 2 fully saturated rings. The van der Waals surface area contributed by atoms with E-state index in [0.29, 0.717) is 37.6 Å². The Bertz CT molecular complexity index is 1390. The molecule has 9 nitrogen and oxygen atoms in total. The number of benzene rings is 1. The Kier molecular flexibility index (Phi) is 7.70. The Hall–Kier alpha value is -2.63. The molecule has 3 aromatic rings. The lowest BCUT2D eigenvalue weighted by Gasteiger charge is -2.43. The molecule has 38 heavy (non-hydrogen) atoms. The van der Waals surface area contributed by atoms with Gasteiger partial charge in [-0.1, -0.05) is 18.2 Å². The van der Waals surface area contributed by atoms with Crippen molar-refractivity contribution in [2.45, 2.75) is 63.0 Å². The van der Waals surface area contributed by atoms with Gasteiger partial charge < -0.3 is 34.4 Å². The second-order valence-electron chi connectivity index (χ2n) is 10.5. The van der Waals surface area contributed by atoms with E-state index in [9.17, 15) is 9.59 Å². The number of rotatable bonds is 8. The molecule has 0 saturated carbocycles. The molecular formula is C28H36N4O5S. The van der Waals surface area contributed by atoms with Crippen molar-refractivity contribution in [1.82, 2.24) is 20.2 Å². The summed E-state index contributed by atoms with van der Waals surface area (Å²) in [4.78, 5) is 29.8. The molecule has 2 aliphatic heterocycles. The molecule has 0 radical (unpaired) electrons. The first-order valence-corrected chi connectivity index (χ1v) is 14.2. The molecule has 5 rings (SSSR count). The highest BCUT2D eigenvalue weighted by Gasteiger charge is 2.38. The molecule has 0 unspecified atom stereocenters. The molecule has 1 amide bonds. The molecule has 0 spiro atoms. The van der Waals surface area contributed by atoms with Crippen molar-refractivity contribution in [3.05, 3.63) is 63.2 Å². The van der Waals surface area contributed by atoms with Crippen LogP contribution in [-0.2, 0) is 20.8 Å². The van der Waals surface area contributed by atoms with Crippen molar-refractivity contribution in [2.24, 2.45) is 0 Å². The van der Waals surface area contributed by atoms with Crippen molar-refractivity contribution >= 4 is 28.6 Å². The second-order valence-corrected chi connectivity index (χ2v) is 11.4. The molecule has 2 saturated heterocycles. The summed E-state index contributed by atoms with van der Waals surface area (Å²) in [7, 11) is 0. The van der Waals surface area contributed by atoms with E-state index in [4.69, 9.17) is 14.2 Å². The molecule has 2 aliphatic rings. The number of hydrogen-bond acceptors (Lipinski definition) is 7. The standard InChI is InChI=1S/C28H36N4O5S/c1-16-10-23(38-5)21(25(33)30-16)11-29-26(34)24-17(2)32(22-9-7-6-8-20(22)24)18(3)27-36-12-19(13-37-27)31-28(4)14-35-15-28/h6-10,18-19,27,31H,11-15H2,1-5H3,(H,29,34)(H,30,33)/t18-,19?,27?/m0/s1. The molecule has 1 atom stereocenters. The van der Waals surface area contributed by atoms with E-state index in [-0.39, 0.29) is 35.6 Å². The molecular weight excluding hydrogens is 504 g/mol. The van der Waals surface area contributed by atoms with Crippen molar-refractivity contribution < 1.29 is 19.0 Å². The number of nitrogens with zero attached hydrogens (tertiary/aromatic N) is 1. The van der Waals surface area contributed by atoms with Gasteiger partial charge >= 0.3 is 0 Å². The van der Waals surface area contributed by atoms with Crippen molar-refractivity contribution in [2.75, 3.05) is 32.7 Å². The second kappa shape index (κ2) is 10.9. The number of carbonyl (C=O) groups is 1. The van der Waals surface area contributed by atoms with Gasteiger partial charge in [-0.15, -0.1) is 11.8 Å².